The molecule has 1 amide bonds. The highest BCUT2D eigenvalue weighted by Gasteiger charge is 2.49. The standard InChI is InChI=1S/C40H37F4N9O2/c1-23-17-27(48-24(2)47-23)8-10-32(54)53-16-15-51(21-28(53)11-13-45)38-30-19-46-36(29-6-3-5-25-7-9-31(42)34(43)33(25)29)35(44)37(30)49-39(50-38)55-22-40-12-4-14-52(40)20-26(41)18-40/h3,5-10,17,19,26,28H,4,11-12,14-16,18,20-22H2,1-2H3/b10-8+/t26-,28+,40+/m1/s1. The number of aryl methyl sites for hydroxylation is 2. The van der Waals surface area contributed by atoms with Gasteiger partial charge < -0.3 is 14.5 Å². The normalized spacial score (nSPS) is 21.5. The van der Waals surface area contributed by atoms with Crippen LogP contribution < -0.4 is 9.64 Å². The quantitative estimate of drug-likeness (QED) is 0.132. The lowest BCUT2D eigenvalue weighted by Gasteiger charge is -2.41. The summed E-state index contributed by atoms with van der Waals surface area (Å²) in [5.74, 6) is -2.56. The molecule has 5 aromatic rings. The number of hydrogen-bond acceptors (Lipinski definition) is 10. The number of aromatic nitrogens is 5. The van der Waals surface area contributed by atoms with E-state index in [9.17, 15) is 18.8 Å². The van der Waals surface area contributed by atoms with E-state index in [4.69, 9.17) is 9.72 Å². The second kappa shape index (κ2) is 14.5. The third-order valence-corrected chi connectivity index (χ3v) is 10.8. The van der Waals surface area contributed by atoms with Gasteiger partial charge in [-0.1, -0.05) is 24.3 Å². The summed E-state index contributed by atoms with van der Waals surface area (Å²) in [5.41, 5.74) is 0.446. The number of amides is 1. The van der Waals surface area contributed by atoms with Crippen LogP contribution in [0.15, 0.2) is 48.7 Å². The number of anilines is 1. The molecule has 55 heavy (non-hydrogen) atoms. The number of nitrogens with zero attached hydrogens (tertiary/aromatic N) is 9. The zero-order valence-electron chi connectivity index (χ0n) is 30.3. The van der Waals surface area contributed by atoms with Crippen LogP contribution in [0.4, 0.5) is 23.4 Å². The van der Waals surface area contributed by atoms with Crippen molar-refractivity contribution in [2.24, 2.45) is 0 Å². The Hall–Kier alpha value is -5.75. The summed E-state index contributed by atoms with van der Waals surface area (Å²) in [7, 11) is 0. The fourth-order valence-corrected chi connectivity index (χ4v) is 8.37. The van der Waals surface area contributed by atoms with Crippen molar-refractivity contribution in [1.29, 1.82) is 5.26 Å². The van der Waals surface area contributed by atoms with E-state index in [1.165, 1.54) is 24.4 Å². The van der Waals surface area contributed by atoms with Crippen LogP contribution in [0.1, 0.15) is 42.9 Å². The summed E-state index contributed by atoms with van der Waals surface area (Å²) in [6, 6.07) is 10.3. The molecule has 0 spiro atoms. The molecule has 0 N–H and O–H groups in total. The Morgan fingerprint density at radius 3 is 2.73 bits per heavy atom. The van der Waals surface area contributed by atoms with E-state index in [-0.39, 0.29) is 77.9 Å². The van der Waals surface area contributed by atoms with Gasteiger partial charge in [0, 0.05) is 61.5 Å². The Labute approximate surface area is 314 Å². The topological polar surface area (TPSA) is 124 Å². The molecule has 3 aliphatic rings. The molecule has 3 atom stereocenters. The zero-order chi connectivity index (χ0) is 38.4. The molecule has 3 fully saturated rings. The average Bonchev–Trinajstić information content (AvgIpc) is 3.69. The molecule has 3 aromatic heterocycles. The van der Waals surface area contributed by atoms with Gasteiger partial charge in [0.15, 0.2) is 17.5 Å². The minimum Gasteiger partial charge on any atom is -0.461 e. The summed E-state index contributed by atoms with van der Waals surface area (Å²) < 4.78 is 67.4. The van der Waals surface area contributed by atoms with Crippen molar-refractivity contribution in [3.63, 3.8) is 0 Å². The van der Waals surface area contributed by atoms with E-state index in [0.717, 1.165) is 31.1 Å². The number of pyridine rings is 1. The van der Waals surface area contributed by atoms with Gasteiger partial charge in [0.25, 0.3) is 0 Å². The van der Waals surface area contributed by atoms with Crippen LogP contribution in [0.3, 0.4) is 0 Å². The summed E-state index contributed by atoms with van der Waals surface area (Å²) in [6.07, 6.45) is 5.37. The van der Waals surface area contributed by atoms with Crippen molar-refractivity contribution in [2.45, 2.75) is 57.3 Å². The fraction of sp³-hybridized carbons (Fsp3) is 0.375. The number of alkyl halides is 1. The Kier molecular flexibility index (Phi) is 9.54. The predicted molar refractivity (Wildman–Crippen MR) is 197 cm³/mol. The van der Waals surface area contributed by atoms with E-state index in [1.807, 2.05) is 11.8 Å². The van der Waals surface area contributed by atoms with E-state index < -0.39 is 35.2 Å². The van der Waals surface area contributed by atoms with Gasteiger partial charge in [-0.15, -0.1) is 0 Å². The smallest absolute Gasteiger partial charge is 0.319 e. The lowest BCUT2D eigenvalue weighted by molar-refractivity contribution is -0.128. The van der Waals surface area contributed by atoms with Crippen LogP contribution in [0.25, 0.3) is 39.0 Å². The molecular formula is C40H37F4N9O2. The van der Waals surface area contributed by atoms with Crippen LogP contribution in [0.2, 0.25) is 0 Å². The first kappa shape index (κ1) is 36.2. The predicted octanol–water partition coefficient (Wildman–Crippen LogP) is 6.27. The van der Waals surface area contributed by atoms with Gasteiger partial charge in [0.1, 0.15) is 35.6 Å². The van der Waals surface area contributed by atoms with Gasteiger partial charge in [0.2, 0.25) is 5.91 Å². The van der Waals surface area contributed by atoms with Gasteiger partial charge in [0.05, 0.1) is 35.2 Å². The first-order valence-electron chi connectivity index (χ1n) is 18.2. The maximum Gasteiger partial charge on any atom is 0.319 e. The average molecular weight is 752 g/mol. The minimum absolute atomic E-state index is 0.0108. The number of ether oxygens (including phenoxy) is 1. The van der Waals surface area contributed by atoms with Gasteiger partial charge in [-0.25, -0.2) is 27.5 Å². The first-order valence-corrected chi connectivity index (χ1v) is 18.2. The Balaban J connectivity index is 1.17. The molecule has 3 saturated heterocycles. The third-order valence-electron chi connectivity index (χ3n) is 10.8. The van der Waals surface area contributed by atoms with Crippen molar-refractivity contribution in [3.8, 4) is 23.3 Å². The van der Waals surface area contributed by atoms with Gasteiger partial charge >= 0.3 is 6.01 Å². The molecule has 15 heteroatoms. The maximum atomic E-state index is 16.9. The second-order valence-electron chi connectivity index (χ2n) is 14.5. The van der Waals surface area contributed by atoms with E-state index in [0.29, 0.717) is 29.9 Å². The third kappa shape index (κ3) is 6.79. The number of carbonyl (C=O) groups excluding carboxylic acids is 1. The SMILES string of the molecule is Cc1cc(/C=C/C(=O)N2CCN(c3nc(OC[C@@]45CCCN4C[C@H](F)C5)nc4c(F)c(-c5cccc6ccc(F)c(F)c56)ncc34)C[C@@H]2CC#N)nc(C)n1. The molecule has 11 nitrogen and oxygen atoms in total. The molecule has 0 aliphatic carbocycles. The fourth-order valence-electron chi connectivity index (χ4n) is 8.37. The Morgan fingerprint density at radius 2 is 1.91 bits per heavy atom. The molecule has 8 rings (SSSR count). The van der Waals surface area contributed by atoms with Crippen molar-refractivity contribution < 1.29 is 27.1 Å². The van der Waals surface area contributed by atoms with Crippen molar-refractivity contribution in [3.05, 3.63) is 83.3 Å². The van der Waals surface area contributed by atoms with Gasteiger partial charge in [-0.05, 0) is 56.8 Å². The molecule has 2 aromatic carbocycles. The highest BCUT2D eigenvalue weighted by Crippen LogP contribution is 2.41. The zero-order valence-corrected chi connectivity index (χ0v) is 30.3. The number of hydrogen-bond donors (Lipinski definition) is 0. The van der Waals surface area contributed by atoms with Gasteiger partial charge in [-0.2, -0.15) is 15.2 Å². The molecule has 282 valence electrons. The monoisotopic (exact) mass is 751 g/mol. The summed E-state index contributed by atoms with van der Waals surface area (Å²) in [6.45, 7) is 5.40. The number of nitriles is 1. The number of benzene rings is 2. The number of piperazine rings is 1. The van der Waals surface area contributed by atoms with E-state index in [2.05, 4.69) is 30.9 Å². The number of fused-ring (bicyclic) bond motifs is 3. The molecular weight excluding hydrogens is 714 g/mol. The van der Waals surface area contributed by atoms with E-state index >= 15 is 8.78 Å². The molecule has 0 saturated carbocycles. The maximum absolute atomic E-state index is 16.9. The molecule has 3 aliphatic heterocycles. The highest BCUT2D eigenvalue weighted by molar-refractivity contribution is 5.99. The molecule has 6 heterocycles. The number of halogens is 4. The summed E-state index contributed by atoms with van der Waals surface area (Å²) in [5, 5.41) is 10.2. The number of rotatable bonds is 8. The number of carbonyl (C=O) groups is 1. The lowest BCUT2D eigenvalue weighted by atomic mass is 9.95. The minimum atomic E-state index is -1.13. The molecule has 0 bridgehead atoms. The summed E-state index contributed by atoms with van der Waals surface area (Å²) in [4.78, 5) is 41.3. The van der Waals surface area contributed by atoms with Gasteiger partial charge in [-0.3, -0.25) is 14.7 Å². The van der Waals surface area contributed by atoms with E-state index in [1.54, 1.807) is 36.1 Å². The summed E-state index contributed by atoms with van der Waals surface area (Å²) >= 11 is 0. The van der Waals surface area contributed by atoms with Crippen molar-refractivity contribution in [2.75, 3.05) is 44.2 Å². The second-order valence-corrected chi connectivity index (χ2v) is 14.5. The Morgan fingerprint density at radius 1 is 1.05 bits per heavy atom. The van der Waals surface area contributed by atoms with Crippen LogP contribution in [0.5, 0.6) is 6.01 Å². The Bertz CT molecular complexity index is 2390. The largest absolute Gasteiger partial charge is 0.461 e. The van der Waals surface area contributed by atoms with Crippen LogP contribution in [-0.2, 0) is 4.79 Å². The van der Waals surface area contributed by atoms with Crippen molar-refractivity contribution in [1.82, 2.24) is 34.7 Å². The van der Waals surface area contributed by atoms with Crippen LogP contribution >= 0.6 is 0 Å². The molecule has 0 radical (unpaired) electrons. The van der Waals surface area contributed by atoms with Crippen LogP contribution in [-0.4, -0.2) is 97.7 Å². The van der Waals surface area contributed by atoms with Crippen LogP contribution in [0, 0.1) is 42.6 Å². The van der Waals surface area contributed by atoms with Crippen molar-refractivity contribution >= 4 is 39.5 Å². The first-order chi connectivity index (χ1) is 26.5. The molecule has 0 unspecified atom stereocenters. The lowest BCUT2D eigenvalue weighted by Crippen LogP contribution is -2.55. The highest BCUT2D eigenvalue weighted by atomic mass is 19.2.